The van der Waals surface area contributed by atoms with Gasteiger partial charge >= 0.3 is 0 Å². The van der Waals surface area contributed by atoms with Gasteiger partial charge in [0.1, 0.15) is 0 Å². The fourth-order valence-corrected chi connectivity index (χ4v) is 4.18. The molecule has 1 heterocycles. The third kappa shape index (κ3) is 3.03. The molecule has 2 atom stereocenters. The van der Waals surface area contributed by atoms with Gasteiger partial charge in [0.25, 0.3) is 0 Å². The van der Waals surface area contributed by atoms with Gasteiger partial charge in [-0.15, -0.1) is 24.0 Å². The maximum absolute atomic E-state index is 6.25. The van der Waals surface area contributed by atoms with Crippen molar-refractivity contribution >= 4 is 29.9 Å². The third-order valence-corrected chi connectivity index (χ3v) is 5.49. The summed E-state index contributed by atoms with van der Waals surface area (Å²) in [5.41, 5.74) is 6.81. The molecule has 0 aromatic carbocycles. The Hall–Kier alpha value is 0. The van der Waals surface area contributed by atoms with Crippen LogP contribution in [0, 0.1) is 11.3 Å². The minimum atomic E-state index is 0. The number of hydrogen-bond donors (Lipinski definition) is 1. The zero-order chi connectivity index (χ0) is 12.6. The first-order chi connectivity index (χ1) is 8.70. The molecular formula is C15H28IN3. The van der Waals surface area contributed by atoms with Crippen LogP contribution in [0.2, 0.25) is 0 Å². The number of guanidine groups is 1. The van der Waals surface area contributed by atoms with Crippen LogP contribution in [0.4, 0.5) is 0 Å². The lowest BCUT2D eigenvalue weighted by Crippen LogP contribution is -2.47. The molecule has 19 heavy (non-hydrogen) atoms. The van der Waals surface area contributed by atoms with Crippen LogP contribution in [0.5, 0.6) is 0 Å². The maximum Gasteiger partial charge on any atom is 0.191 e. The molecule has 3 nitrogen and oxygen atoms in total. The molecule has 1 saturated heterocycles. The lowest BCUT2D eigenvalue weighted by atomic mass is 9.63. The Bertz CT molecular complexity index is 336. The first kappa shape index (κ1) is 15.4. The fraction of sp³-hybridized carbons (Fsp3) is 0.933. The summed E-state index contributed by atoms with van der Waals surface area (Å²) in [6.07, 6.45) is 10.9. The predicted octanol–water partition coefficient (Wildman–Crippen LogP) is 3.37. The highest BCUT2D eigenvalue weighted by atomic mass is 127. The van der Waals surface area contributed by atoms with Crippen molar-refractivity contribution in [1.82, 2.24) is 4.90 Å². The van der Waals surface area contributed by atoms with Gasteiger partial charge in [0.05, 0.1) is 6.04 Å². The molecule has 3 fully saturated rings. The number of aliphatic imine (C=N–C) groups is 1. The van der Waals surface area contributed by atoms with Crippen molar-refractivity contribution in [2.45, 2.75) is 64.3 Å². The Morgan fingerprint density at radius 1 is 1.16 bits per heavy atom. The first-order valence-electron chi connectivity index (χ1n) is 7.78. The molecule has 3 aliphatic rings. The number of hydrogen-bond acceptors (Lipinski definition) is 1. The zero-order valence-electron chi connectivity index (χ0n) is 12.1. The SMILES string of the molecule is CC1CCCN(C(N)=NC2CCC23CCCC3)C1.I. The van der Waals surface area contributed by atoms with Crippen LogP contribution >= 0.6 is 24.0 Å². The molecule has 2 N–H and O–H groups in total. The standard InChI is InChI=1S/C15H27N3.HI/c1-12-5-4-10-18(11-12)14(16)17-13-6-9-15(13)7-2-3-8-15;/h12-13H,2-11H2,1H3,(H2,16,17);1H. The highest BCUT2D eigenvalue weighted by molar-refractivity contribution is 14.0. The molecule has 0 aromatic rings. The van der Waals surface area contributed by atoms with E-state index in [2.05, 4.69) is 11.8 Å². The second kappa shape index (κ2) is 6.19. The molecule has 4 heteroatoms. The quantitative estimate of drug-likeness (QED) is 0.433. The van der Waals surface area contributed by atoms with Crippen molar-refractivity contribution in [3.8, 4) is 0 Å². The molecule has 2 aliphatic carbocycles. The van der Waals surface area contributed by atoms with Crippen molar-refractivity contribution in [2.24, 2.45) is 22.1 Å². The Balaban J connectivity index is 0.00000133. The van der Waals surface area contributed by atoms with Crippen LogP contribution in [0.3, 0.4) is 0 Å². The predicted molar refractivity (Wildman–Crippen MR) is 90.9 cm³/mol. The van der Waals surface area contributed by atoms with Gasteiger partial charge in [-0.1, -0.05) is 19.8 Å². The summed E-state index contributed by atoms with van der Waals surface area (Å²) >= 11 is 0. The topological polar surface area (TPSA) is 41.6 Å². The van der Waals surface area contributed by atoms with Crippen LogP contribution < -0.4 is 5.73 Å². The lowest BCUT2D eigenvalue weighted by Gasteiger charge is -2.45. The monoisotopic (exact) mass is 377 g/mol. The van der Waals surface area contributed by atoms with Crippen molar-refractivity contribution in [2.75, 3.05) is 13.1 Å². The fourth-order valence-electron chi connectivity index (χ4n) is 4.18. The summed E-state index contributed by atoms with van der Waals surface area (Å²) < 4.78 is 0. The molecule has 0 radical (unpaired) electrons. The molecule has 3 rings (SSSR count). The third-order valence-electron chi connectivity index (χ3n) is 5.49. The van der Waals surface area contributed by atoms with E-state index in [9.17, 15) is 0 Å². The zero-order valence-corrected chi connectivity index (χ0v) is 14.4. The van der Waals surface area contributed by atoms with Crippen molar-refractivity contribution in [1.29, 1.82) is 0 Å². The summed E-state index contributed by atoms with van der Waals surface area (Å²) in [6.45, 7) is 4.54. The summed E-state index contributed by atoms with van der Waals surface area (Å²) in [4.78, 5) is 7.21. The second-order valence-corrected chi connectivity index (χ2v) is 6.80. The van der Waals surface area contributed by atoms with Crippen molar-refractivity contribution in [3.63, 3.8) is 0 Å². The minimum Gasteiger partial charge on any atom is -0.370 e. The number of nitrogens with two attached hydrogens (primary N) is 1. The van der Waals surface area contributed by atoms with Crippen LogP contribution in [0.25, 0.3) is 0 Å². The smallest absolute Gasteiger partial charge is 0.191 e. The summed E-state index contributed by atoms with van der Waals surface area (Å²) in [5.74, 6) is 1.60. The van der Waals surface area contributed by atoms with Gasteiger partial charge in [-0.25, -0.2) is 4.99 Å². The van der Waals surface area contributed by atoms with Gasteiger partial charge in [-0.05, 0) is 49.9 Å². The molecule has 1 aliphatic heterocycles. The highest BCUT2D eigenvalue weighted by Gasteiger charge is 2.48. The van der Waals surface area contributed by atoms with E-state index >= 15 is 0 Å². The van der Waals surface area contributed by atoms with E-state index in [1.165, 1.54) is 51.4 Å². The van der Waals surface area contributed by atoms with Crippen LogP contribution in [0.1, 0.15) is 58.3 Å². The van der Waals surface area contributed by atoms with Gasteiger partial charge in [0, 0.05) is 13.1 Å². The summed E-state index contributed by atoms with van der Waals surface area (Å²) in [5, 5.41) is 0. The Kier molecular flexibility index (Phi) is 5.01. The largest absolute Gasteiger partial charge is 0.370 e. The Morgan fingerprint density at radius 2 is 1.89 bits per heavy atom. The molecule has 2 saturated carbocycles. The Labute approximate surface area is 134 Å². The average molecular weight is 377 g/mol. The molecule has 0 aromatic heterocycles. The molecule has 0 amide bonds. The van der Waals surface area contributed by atoms with Crippen LogP contribution in [-0.2, 0) is 0 Å². The van der Waals surface area contributed by atoms with Crippen molar-refractivity contribution in [3.05, 3.63) is 0 Å². The van der Waals surface area contributed by atoms with E-state index in [0.29, 0.717) is 11.5 Å². The number of likely N-dealkylation sites (tertiary alicyclic amines) is 1. The van der Waals surface area contributed by atoms with Gasteiger partial charge in [0.2, 0.25) is 0 Å². The van der Waals surface area contributed by atoms with E-state index in [0.717, 1.165) is 25.0 Å². The summed E-state index contributed by atoms with van der Waals surface area (Å²) in [6, 6.07) is 0.539. The van der Waals surface area contributed by atoms with Crippen LogP contribution in [0.15, 0.2) is 4.99 Å². The van der Waals surface area contributed by atoms with E-state index in [1.54, 1.807) is 0 Å². The Morgan fingerprint density at radius 3 is 2.47 bits per heavy atom. The number of piperidine rings is 1. The molecular weight excluding hydrogens is 349 g/mol. The minimum absolute atomic E-state index is 0. The second-order valence-electron chi connectivity index (χ2n) is 6.80. The normalized spacial score (nSPS) is 33.9. The first-order valence-corrected chi connectivity index (χ1v) is 7.78. The number of halogens is 1. The van der Waals surface area contributed by atoms with Gasteiger partial charge in [-0.3, -0.25) is 0 Å². The van der Waals surface area contributed by atoms with Gasteiger partial charge < -0.3 is 10.6 Å². The molecule has 110 valence electrons. The van der Waals surface area contributed by atoms with Crippen LogP contribution in [-0.4, -0.2) is 30.0 Å². The van der Waals surface area contributed by atoms with Crippen molar-refractivity contribution < 1.29 is 0 Å². The average Bonchev–Trinajstić information content (AvgIpc) is 2.86. The molecule has 0 bridgehead atoms. The van der Waals surface area contributed by atoms with E-state index in [-0.39, 0.29) is 24.0 Å². The summed E-state index contributed by atoms with van der Waals surface area (Å²) in [7, 11) is 0. The highest BCUT2D eigenvalue weighted by Crippen LogP contribution is 2.54. The van der Waals surface area contributed by atoms with Gasteiger partial charge in [0.15, 0.2) is 5.96 Å². The van der Waals surface area contributed by atoms with Gasteiger partial charge in [-0.2, -0.15) is 0 Å². The van der Waals surface area contributed by atoms with E-state index in [1.807, 2.05) is 0 Å². The number of rotatable bonds is 1. The number of nitrogens with zero attached hydrogens (tertiary/aromatic N) is 2. The van der Waals surface area contributed by atoms with E-state index < -0.39 is 0 Å². The molecule has 1 spiro atoms. The van der Waals surface area contributed by atoms with E-state index in [4.69, 9.17) is 10.7 Å². The maximum atomic E-state index is 6.25. The lowest BCUT2D eigenvalue weighted by molar-refractivity contribution is 0.102. The molecule has 2 unspecified atom stereocenters.